The predicted octanol–water partition coefficient (Wildman–Crippen LogP) is 1.67. The number of nitrogens with zero attached hydrogens (tertiary/aromatic N) is 5. The molecule has 0 unspecified atom stereocenters. The number of rotatable bonds is 7. The van der Waals surface area contributed by atoms with Crippen LogP contribution in [-0.2, 0) is 6.54 Å². The van der Waals surface area contributed by atoms with Crippen molar-refractivity contribution >= 4 is 5.95 Å². The van der Waals surface area contributed by atoms with Crippen LogP contribution in [0.5, 0.6) is 5.88 Å². The van der Waals surface area contributed by atoms with Gasteiger partial charge in [0.1, 0.15) is 0 Å². The molecule has 0 radical (unpaired) electrons. The summed E-state index contributed by atoms with van der Waals surface area (Å²) in [6.45, 7) is 7.46. The van der Waals surface area contributed by atoms with Crippen LogP contribution in [-0.4, -0.2) is 37.6 Å². The van der Waals surface area contributed by atoms with Crippen molar-refractivity contribution in [2.75, 3.05) is 11.9 Å². The molecular formula is C13H20N6O. The minimum atomic E-state index is 0.101. The van der Waals surface area contributed by atoms with Crippen LogP contribution in [0, 0.1) is 6.92 Å². The zero-order valence-corrected chi connectivity index (χ0v) is 12.1. The number of hydrogen-bond donors (Lipinski definition) is 1. The molecule has 0 bridgehead atoms. The Bertz CT molecular complexity index is 526. The van der Waals surface area contributed by atoms with Gasteiger partial charge in [-0.1, -0.05) is 5.21 Å². The average molecular weight is 276 g/mol. The Morgan fingerprint density at radius 3 is 2.90 bits per heavy atom. The van der Waals surface area contributed by atoms with Crippen molar-refractivity contribution in [3.05, 3.63) is 24.2 Å². The molecule has 2 rings (SSSR count). The van der Waals surface area contributed by atoms with Gasteiger partial charge >= 0.3 is 0 Å². The first-order valence-corrected chi connectivity index (χ1v) is 6.74. The average Bonchev–Trinajstić information content (AvgIpc) is 2.86. The van der Waals surface area contributed by atoms with Crippen LogP contribution in [0.15, 0.2) is 18.5 Å². The fraction of sp³-hybridized carbons (Fsp3) is 0.538. The van der Waals surface area contributed by atoms with Crippen molar-refractivity contribution in [1.82, 2.24) is 25.0 Å². The van der Waals surface area contributed by atoms with Crippen molar-refractivity contribution in [2.24, 2.45) is 0 Å². The van der Waals surface area contributed by atoms with E-state index in [1.807, 2.05) is 33.0 Å². The maximum Gasteiger partial charge on any atom is 0.226 e. The van der Waals surface area contributed by atoms with Crippen LogP contribution in [0.2, 0.25) is 0 Å². The van der Waals surface area contributed by atoms with E-state index in [0.29, 0.717) is 11.8 Å². The largest absolute Gasteiger partial charge is 0.475 e. The SMILES string of the molecule is Cc1cc(OC(C)C)nc(NCCCn2ccnn2)n1. The molecule has 2 heterocycles. The minimum Gasteiger partial charge on any atom is -0.475 e. The summed E-state index contributed by atoms with van der Waals surface area (Å²) in [5.74, 6) is 1.20. The van der Waals surface area contributed by atoms with E-state index in [2.05, 4.69) is 25.6 Å². The van der Waals surface area contributed by atoms with Crippen molar-refractivity contribution in [3.8, 4) is 5.88 Å². The maximum absolute atomic E-state index is 5.59. The van der Waals surface area contributed by atoms with E-state index in [1.54, 1.807) is 10.9 Å². The smallest absolute Gasteiger partial charge is 0.226 e. The molecule has 0 fully saturated rings. The first-order chi connectivity index (χ1) is 9.63. The van der Waals surface area contributed by atoms with E-state index in [-0.39, 0.29) is 6.10 Å². The van der Waals surface area contributed by atoms with Gasteiger partial charge in [0.25, 0.3) is 0 Å². The minimum absolute atomic E-state index is 0.101. The summed E-state index contributed by atoms with van der Waals surface area (Å²) in [7, 11) is 0. The number of aromatic nitrogens is 5. The Hall–Kier alpha value is -2.18. The first-order valence-electron chi connectivity index (χ1n) is 6.74. The van der Waals surface area contributed by atoms with E-state index in [4.69, 9.17) is 4.74 Å². The third kappa shape index (κ3) is 4.49. The lowest BCUT2D eigenvalue weighted by Crippen LogP contribution is -2.12. The summed E-state index contributed by atoms with van der Waals surface area (Å²) in [4.78, 5) is 8.67. The summed E-state index contributed by atoms with van der Waals surface area (Å²) in [5, 5.41) is 10.9. The van der Waals surface area contributed by atoms with E-state index in [9.17, 15) is 0 Å². The molecule has 2 aromatic rings. The van der Waals surface area contributed by atoms with Crippen LogP contribution in [0.1, 0.15) is 26.0 Å². The van der Waals surface area contributed by atoms with Crippen LogP contribution >= 0.6 is 0 Å². The van der Waals surface area contributed by atoms with Crippen molar-refractivity contribution in [3.63, 3.8) is 0 Å². The van der Waals surface area contributed by atoms with Gasteiger partial charge in [-0.25, -0.2) is 4.98 Å². The molecule has 0 aromatic carbocycles. The summed E-state index contributed by atoms with van der Waals surface area (Å²) in [6, 6.07) is 1.83. The van der Waals surface area contributed by atoms with Gasteiger partial charge in [-0.3, -0.25) is 4.68 Å². The molecule has 0 aliphatic heterocycles. The highest BCUT2D eigenvalue weighted by molar-refractivity contribution is 5.30. The third-order valence-electron chi connectivity index (χ3n) is 2.51. The first kappa shape index (κ1) is 14.2. The highest BCUT2D eigenvalue weighted by Gasteiger charge is 2.04. The van der Waals surface area contributed by atoms with E-state index < -0.39 is 0 Å². The summed E-state index contributed by atoms with van der Waals surface area (Å²) in [5.41, 5.74) is 0.884. The normalized spacial score (nSPS) is 10.8. The molecule has 2 aromatic heterocycles. The quantitative estimate of drug-likeness (QED) is 0.775. The maximum atomic E-state index is 5.59. The topological polar surface area (TPSA) is 77.8 Å². The van der Waals surface area contributed by atoms with Gasteiger partial charge in [0.2, 0.25) is 11.8 Å². The van der Waals surface area contributed by atoms with Crippen molar-refractivity contribution < 1.29 is 4.74 Å². The van der Waals surface area contributed by atoms with Crippen LogP contribution in [0.3, 0.4) is 0 Å². The molecule has 0 saturated carbocycles. The predicted molar refractivity (Wildman–Crippen MR) is 75.7 cm³/mol. The standard InChI is InChI=1S/C13H20N6O/c1-10(2)20-12-9-11(3)16-13(17-12)14-5-4-7-19-8-6-15-18-19/h6,8-10H,4-5,7H2,1-3H3,(H,14,16,17). The second kappa shape index (κ2) is 6.83. The highest BCUT2D eigenvalue weighted by atomic mass is 16.5. The summed E-state index contributed by atoms with van der Waals surface area (Å²) >= 11 is 0. The van der Waals surface area contributed by atoms with E-state index in [1.165, 1.54) is 0 Å². The summed E-state index contributed by atoms with van der Waals surface area (Å²) < 4.78 is 7.39. The highest BCUT2D eigenvalue weighted by Crippen LogP contribution is 2.13. The van der Waals surface area contributed by atoms with Crippen molar-refractivity contribution in [1.29, 1.82) is 0 Å². The molecule has 0 saturated heterocycles. The molecule has 0 atom stereocenters. The molecule has 20 heavy (non-hydrogen) atoms. The van der Waals surface area contributed by atoms with Gasteiger partial charge in [0.15, 0.2) is 0 Å². The van der Waals surface area contributed by atoms with Gasteiger partial charge in [-0.15, -0.1) is 5.10 Å². The van der Waals surface area contributed by atoms with Gasteiger partial charge in [-0.05, 0) is 27.2 Å². The number of anilines is 1. The lowest BCUT2D eigenvalue weighted by atomic mass is 10.4. The third-order valence-corrected chi connectivity index (χ3v) is 2.51. The summed E-state index contributed by atoms with van der Waals surface area (Å²) in [6.07, 6.45) is 4.54. The molecule has 108 valence electrons. The van der Waals surface area contributed by atoms with Crippen LogP contribution in [0.4, 0.5) is 5.95 Å². The fourth-order valence-electron chi connectivity index (χ4n) is 1.71. The molecule has 7 heteroatoms. The number of aryl methyl sites for hydroxylation is 2. The number of ether oxygens (including phenoxy) is 1. The lowest BCUT2D eigenvalue weighted by Gasteiger charge is -2.11. The van der Waals surface area contributed by atoms with Crippen LogP contribution in [0.25, 0.3) is 0 Å². The van der Waals surface area contributed by atoms with Gasteiger partial charge in [0.05, 0.1) is 12.3 Å². The molecule has 1 N–H and O–H groups in total. The zero-order valence-electron chi connectivity index (χ0n) is 12.1. The monoisotopic (exact) mass is 276 g/mol. The second-order valence-electron chi connectivity index (χ2n) is 4.78. The van der Waals surface area contributed by atoms with Gasteiger partial charge in [0, 0.05) is 31.0 Å². The Morgan fingerprint density at radius 2 is 2.20 bits per heavy atom. The molecular weight excluding hydrogens is 256 g/mol. The Balaban J connectivity index is 1.84. The molecule has 7 nitrogen and oxygen atoms in total. The van der Waals surface area contributed by atoms with Crippen molar-refractivity contribution in [2.45, 2.75) is 39.8 Å². The lowest BCUT2D eigenvalue weighted by molar-refractivity contribution is 0.232. The number of hydrogen-bond acceptors (Lipinski definition) is 6. The molecule has 0 aliphatic rings. The zero-order chi connectivity index (χ0) is 14.4. The Morgan fingerprint density at radius 1 is 1.35 bits per heavy atom. The molecule has 0 amide bonds. The second-order valence-corrected chi connectivity index (χ2v) is 4.78. The van der Waals surface area contributed by atoms with Gasteiger partial charge in [-0.2, -0.15) is 4.98 Å². The number of nitrogens with one attached hydrogen (secondary N) is 1. The van der Waals surface area contributed by atoms with Crippen LogP contribution < -0.4 is 10.1 Å². The Labute approximate surface area is 118 Å². The Kier molecular flexibility index (Phi) is 4.86. The fourth-order valence-corrected chi connectivity index (χ4v) is 1.71. The molecule has 0 spiro atoms. The van der Waals surface area contributed by atoms with E-state index in [0.717, 1.165) is 25.2 Å². The van der Waals surface area contributed by atoms with Gasteiger partial charge < -0.3 is 10.1 Å². The van der Waals surface area contributed by atoms with E-state index >= 15 is 0 Å². The molecule has 0 aliphatic carbocycles.